The lowest BCUT2D eigenvalue weighted by Crippen LogP contribution is -2.15. The summed E-state index contributed by atoms with van der Waals surface area (Å²) >= 11 is 0. The van der Waals surface area contributed by atoms with E-state index in [2.05, 4.69) is 10.3 Å². The number of benzene rings is 1. The summed E-state index contributed by atoms with van der Waals surface area (Å²) in [6.07, 6.45) is 1.48. The number of hydrogen-bond acceptors (Lipinski definition) is 7. The Morgan fingerprint density at radius 3 is 2.54 bits per heavy atom. The minimum atomic E-state index is -0.639. The number of nitrogens with one attached hydrogen (secondary N) is 1. The molecule has 0 spiro atoms. The van der Waals surface area contributed by atoms with Crippen molar-refractivity contribution >= 4 is 23.1 Å². The Kier molecular flexibility index (Phi) is 5.94. The maximum Gasteiger partial charge on any atom is 0.286 e. The zero-order valence-electron chi connectivity index (χ0n) is 15.0. The molecule has 0 aliphatic rings. The summed E-state index contributed by atoms with van der Waals surface area (Å²) in [4.78, 5) is 29.3. The van der Waals surface area contributed by atoms with E-state index in [1.165, 1.54) is 25.4 Å². The molecule has 138 valence electrons. The van der Waals surface area contributed by atoms with Crippen LogP contribution in [-0.2, 0) is 0 Å². The van der Waals surface area contributed by atoms with Gasteiger partial charge in [0.2, 0.25) is 0 Å². The predicted molar refractivity (Wildman–Crippen MR) is 97.3 cm³/mol. The van der Waals surface area contributed by atoms with Gasteiger partial charge in [-0.2, -0.15) is 0 Å². The molecule has 1 N–H and O–H groups in total. The van der Waals surface area contributed by atoms with Gasteiger partial charge in [0.25, 0.3) is 11.6 Å². The number of nitro benzene ring substituents is 1. The van der Waals surface area contributed by atoms with Crippen LogP contribution in [0.15, 0.2) is 30.5 Å². The molecule has 0 fully saturated rings. The molecule has 0 bridgehead atoms. The molecule has 1 heterocycles. The van der Waals surface area contributed by atoms with Gasteiger partial charge < -0.3 is 19.7 Å². The molecule has 2 aromatic rings. The van der Waals surface area contributed by atoms with E-state index in [0.717, 1.165) is 5.82 Å². The van der Waals surface area contributed by atoms with Gasteiger partial charge in [-0.15, -0.1) is 0 Å². The Bertz CT molecular complexity index is 806. The summed E-state index contributed by atoms with van der Waals surface area (Å²) in [5.74, 6) is 0.524. The van der Waals surface area contributed by atoms with Crippen molar-refractivity contribution < 1.29 is 19.2 Å². The highest BCUT2D eigenvalue weighted by molar-refractivity contribution is 6.07. The highest BCUT2D eigenvalue weighted by Crippen LogP contribution is 2.35. The first-order valence-electron chi connectivity index (χ1n) is 7.81. The zero-order chi connectivity index (χ0) is 19.3. The van der Waals surface area contributed by atoms with Gasteiger partial charge in [-0.25, -0.2) is 4.98 Å². The minimum Gasteiger partial charge on any atom is -0.493 e. The maximum absolute atomic E-state index is 12.6. The maximum atomic E-state index is 12.6. The average molecular weight is 360 g/mol. The monoisotopic (exact) mass is 360 g/mol. The number of carbonyl (C=O) groups is 1. The molecule has 0 saturated carbocycles. The van der Waals surface area contributed by atoms with Crippen LogP contribution in [0, 0.1) is 10.1 Å². The Morgan fingerprint density at radius 2 is 2.04 bits per heavy atom. The average Bonchev–Trinajstić information content (AvgIpc) is 2.61. The normalized spacial score (nSPS) is 10.2. The number of amides is 1. The Balaban J connectivity index is 2.36. The number of pyridine rings is 1. The van der Waals surface area contributed by atoms with E-state index in [4.69, 9.17) is 9.47 Å². The second-order valence-electron chi connectivity index (χ2n) is 5.46. The molecule has 2 rings (SSSR count). The van der Waals surface area contributed by atoms with E-state index in [1.54, 1.807) is 19.1 Å². The minimum absolute atomic E-state index is 0.129. The first-order chi connectivity index (χ1) is 12.4. The molecule has 0 unspecified atom stereocenters. The fourth-order valence-corrected chi connectivity index (χ4v) is 2.23. The van der Waals surface area contributed by atoms with Crippen molar-refractivity contribution in [2.24, 2.45) is 0 Å². The van der Waals surface area contributed by atoms with E-state index >= 15 is 0 Å². The van der Waals surface area contributed by atoms with Gasteiger partial charge >= 0.3 is 0 Å². The smallest absolute Gasteiger partial charge is 0.286 e. The van der Waals surface area contributed by atoms with E-state index in [0.29, 0.717) is 12.3 Å². The molecular formula is C17H20N4O5. The van der Waals surface area contributed by atoms with Crippen molar-refractivity contribution in [3.05, 3.63) is 46.1 Å². The fourth-order valence-electron chi connectivity index (χ4n) is 2.23. The van der Waals surface area contributed by atoms with E-state index in [-0.39, 0.29) is 22.7 Å². The number of carbonyl (C=O) groups excluding carboxylic acids is 1. The lowest BCUT2D eigenvalue weighted by atomic mass is 10.1. The molecule has 0 aliphatic carbocycles. The van der Waals surface area contributed by atoms with Crippen LogP contribution in [0.4, 0.5) is 17.2 Å². The van der Waals surface area contributed by atoms with Crippen molar-refractivity contribution in [2.75, 3.05) is 38.0 Å². The predicted octanol–water partition coefficient (Wildman–Crippen LogP) is 2.72. The highest BCUT2D eigenvalue weighted by atomic mass is 16.6. The van der Waals surface area contributed by atoms with Crippen LogP contribution in [0.3, 0.4) is 0 Å². The van der Waals surface area contributed by atoms with Gasteiger partial charge in [-0.3, -0.25) is 14.9 Å². The number of nitro groups is 1. The first-order valence-corrected chi connectivity index (χ1v) is 7.81. The third kappa shape index (κ3) is 4.18. The number of rotatable bonds is 7. The largest absolute Gasteiger partial charge is 0.493 e. The Morgan fingerprint density at radius 1 is 1.31 bits per heavy atom. The van der Waals surface area contributed by atoms with Crippen molar-refractivity contribution in [3.63, 3.8) is 0 Å². The summed E-state index contributed by atoms with van der Waals surface area (Å²) in [6, 6.07) is 5.87. The van der Waals surface area contributed by atoms with Crippen LogP contribution in [0.25, 0.3) is 0 Å². The van der Waals surface area contributed by atoms with Gasteiger partial charge in [0.15, 0.2) is 11.5 Å². The molecule has 1 aromatic heterocycles. The number of anilines is 2. The fraction of sp³-hybridized carbons (Fsp3) is 0.294. The first kappa shape index (κ1) is 19.0. The second kappa shape index (κ2) is 8.15. The summed E-state index contributed by atoms with van der Waals surface area (Å²) < 4.78 is 10.5. The summed E-state index contributed by atoms with van der Waals surface area (Å²) in [6.45, 7) is 2.09. The molecule has 0 radical (unpaired) electrons. The number of methoxy groups -OCH3 is 1. The standard InChI is InChI=1S/C17H20N4O5/c1-5-26-15-8-12(13(21(23)24)9-14(15)25-4)17(22)19-11-6-7-16(18-10-11)20(2)3/h6-10H,5H2,1-4H3,(H,19,22). The summed E-state index contributed by atoms with van der Waals surface area (Å²) in [5, 5.41) is 14.0. The topological polar surface area (TPSA) is 107 Å². The van der Waals surface area contributed by atoms with Gasteiger partial charge in [0.1, 0.15) is 11.4 Å². The van der Waals surface area contributed by atoms with Crippen LogP contribution in [0.1, 0.15) is 17.3 Å². The SMILES string of the molecule is CCOc1cc(C(=O)Nc2ccc(N(C)C)nc2)c([N+](=O)[O-])cc1OC. The third-order valence-corrected chi connectivity index (χ3v) is 3.49. The van der Waals surface area contributed by atoms with Crippen molar-refractivity contribution in [3.8, 4) is 11.5 Å². The van der Waals surface area contributed by atoms with E-state index in [1.807, 2.05) is 19.0 Å². The van der Waals surface area contributed by atoms with Gasteiger partial charge in [0, 0.05) is 20.2 Å². The molecule has 9 nitrogen and oxygen atoms in total. The van der Waals surface area contributed by atoms with E-state index < -0.39 is 10.8 Å². The molecule has 1 amide bonds. The molecule has 0 aliphatic heterocycles. The van der Waals surface area contributed by atoms with Gasteiger partial charge in [-0.05, 0) is 19.1 Å². The lowest BCUT2D eigenvalue weighted by Gasteiger charge is -2.13. The third-order valence-electron chi connectivity index (χ3n) is 3.49. The van der Waals surface area contributed by atoms with Crippen LogP contribution in [0.2, 0.25) is 0 Å². The molecule has 0 atom stereocenters. The van der Waals surface area contributed by atoms with Crippen LogP contribution in [-0.4, -0.2) is 43.6 Å². The van der Waals surface area contributed by atoms with Crippen molar-refractivity contribution in [2.45, 2.75) is 6.92 Å². The van der Waals surface area contributed by atoms with Gasteiger partial charge in [-0.1, -0.05) is 0 Å². The van der Waals surface area contributed by atoms with Crippen LogP contribution < -0.4 is 19.7 Å². The van der Waals surface area contributed by atoms with Crippen LogP contribution in [0.5, 0.6) is 11.5 Å². The molecular weight excluding hydrogens is 340 g/mol. The molecule has 0 saturated heterocycles. The number of ether oxygens (including phenoxy) is 2. The summed E-state index contributed by atoms with van der Waals surface area (Å²) in [7, 11) is 5.06. The Hall–Kier alpha value is -3.36. The zero-order valence-corrected chi connectivity index (χ0v) is 15.0. The second-order valence-corrected chi connectivity index (χ2v) is 5.46. The Labute approximate surface area is 150 Å². The molecule has 1 aromatic carbocycles. The lowest BCUT2D eigenvalue weighted by molar-refractivity contribution is -0.385. The van der Waals surface area contributed by atoms with Crippen molar-refractivity contribution in [1.29, 1.82) is 0 Å². The quantitative estimate of drug-likeness (QED) is 0.597. The number of aromatic nitrogens is 1. The molecule has 9 heteroatoms. The molecule has 26 heavy (non-hydrogen) atoms. The van der Waals surface area contributed by atoms with E-state index in [9.17, 15) is 14.9 Å². The van der Waals surface area contributed by atoms with Gasteiger partial charge in [0.05, 0.1) is 36.6 Å². The number of nitrogens with zero attached hydrogens (tertiary/aromatic N) is 3. The highest BCUT2D eigenvalue weighted by Gasteiger charge is 2.25. The number of hydrogen-bond donors (Lipinski definition) is 1. The summed E-state index contributed by atoms with van der Waals surface area (Å²) in [5.41, 5.74) is -0.0831. The van der Waals surface area contributed by atoms with Crippen LogP contribution >= 0.6 is 0 Å². The van der Waals surface area contributed by atoms with Crippen molar-refractivity contribution in [1.82, 2.24) is 4.98 Å².